The number of aliphatic hydroxyl groups is 1. The van der Waals surface area contributed by atoms with Crippen molar-refractivity contribution in [2.75, 3.05) is 7.11 Å². The van der Waals surface area contributed by atoms with Gasteiger partial charge in [0.25, 0.3) is 0 Å². The summed E-state index contributed by atoms with van der Waals surface area (Å²) in [6.45, 7) is 0. The molecule has 0 saturated carbocycles. The quantitative estimate of drug-likeness (QED) is 0.367. The van der Waals surface area contributed by atoms with E-state index >= 15 is 0 Å². The Labute approximate surface area is 81.5 Å². The van der Waals surface area contributed by atoms with Crippen molar-refractivity contribution in [1.29, 1.82) is 0 Å². The molecule has 0 aromatic heterocycles. The van der Waals surface area contributed by atoms with Gasteiger partial charge in [0.05, 0.1) is 0 Å². The van der Waals surface area contributed by atoms with Gasteiger partial charge in [-0.3, -0.25) is 4.21 Å². The molecule has 0 bridgehead atoms. The van der Waals surface area contributed by atoms with E-state index in [1.165, 1.54) is 0 Å². The van der Waals surface area contributed by atoms with Crippen LogP contribution in [0.15, 0.2) is 0 Å². The molecule has 1 atom stereocenters. The molecule has 0 fully saturated rings. The zero-order valence-electron chi connectivity index (χ0n) is 4.63. The first kappa shape index (κ1) is 22.7. The topological polar surface area (TPSA) is 60.4 Å². The third kappa shape index (κ3) is 146. The van der Waals surface area contributed by atoms with Gasteiger partial charge in [-0.15, -0.1) is 0 Å². The van der Waals surface area contributed by atoms with Crippen molar-refractivity contribution in [3.8, 4) is 0 Å². The van der Waals surface area contributed by atoms with Crippen LogP contribution in [0.3, 0.4) is 0 Å². The van der Waals surface area contributed by atoms with Crippen LogP contribution in [0, 0.1) is 7.43 Å². The van der Waals surface area contributed by atoms with Gasteiger partial charge in [-0.25, -0.2) is 0 Å². The monoisotopic (exact) mass is 235 g/mol. The second kappa shape index (κ2) is 23.7. The molecule has 51 valence electrons. The van der Waals surface area contributed by atoms with Crippen molar-refractivity contribution in [3.63, 3.8) is 0 Å². The molecule has 0 rings (SSSR count). The Morgan fingerprint density at radius 2 is 1.62 bits per heavy atom. The van der Waals surface area contributed by atoms with E-state index in [0.717, 1.165) is 7.11 Å². The Kier molecular flexibility index (Phi) is 67.2. The largest absolute Gasteiger partial charge is 0.760 e. The summed E-state index contributed by atoms with van der Waals surface area (Å²) in [5.41, 5.74) is 0. The van der Waals surface area contributed by atoms with E-state index in [9.17, 15) is 0 Å². The summed E-state index contributed by atoms with van der Waals surface area (Å²) in [5, 5.41) is 7.00. The molecule has 1 unspecified atom stereocenters. The average Bonchev–Trinajstić information content (AvgIpc) is 1.41. The average molecular weight is 236 g/mol. The van der Waals surface area contributed by atoms with Crippen LogP contribution >= 0.6 is 10.7 Å². The molecule has 6 heteroatoms. The van der Waals surface area contributed by atoms with Gasteiger partial charge in [0.2, 0.25) is 0 Å². The van der Waals surface area contributed by atoms with Crippen LogP contribution in [0.2, 0.25) is 0 Å². The molecular formula is C2H7ClO3SY-2. The second-order valence-corrected chi connectivity index (χ2v) is 1.34. The fraction of sp³-hybridized carbons (Fsp3) is 0.500. The van der Waals surface area contributed by atoms with Gasteiger partial charge in [0.15, 0.2) is 0 Å². The van der Waals surface area contributed by atoms with Crippen LogP contribution in [0.1, 0.15) is 0 Å². The van der Waals surface area contributed by atoms with Gasteiger partial charge in [0, 0.05) is 50.1 Å². The SMILES string of the molecule is CO.O=S([O-])Cl.[CH3-].[Y]. The van der Waals surface area contributed by atoms with Crippen molar-refractivity contribution in [3.05, 3.63) is 7.43 Å². The first-order chi connectivity index (χ1) is 2.73. The third-order valence-electron chi connectivity index (χ3n) is 0. The van der Waals surface area contributed by atoms with Gasteiger partial charge >= 0.3 is 0 Å². The van der Waals surface area contributed by atoms with E-state index in [-0.39, 0.29) is 40.1 Å². The van der Waals surface area contributed by atoms with Crippen molar-refractivity contribution >= 4 is 21.0 Å². The molecule has 1 radical (unpaired) electrons. The summed E-state index contributed by atoms with van der Waals surface area (Å²) in [6, 6.07) is 0. The van der Waals surface area contributed by atoms with Crippen molar-refractivity contribution in [1.82, 2.24) is 0 Å². The van der Waals surface area contributed by atoms with E-state index in [1.54, 1.807) is 0 Å². The fourth-order valence-corrected chi connectivity index (χ4v) is 0. The van der Waals surface area contributed by atoms with Crippen LogP contribution in [-0.2, 0) is 43.0 Å². The molecular weight excluding hydrogens is 228 g/mol. The molecule has 0 heterocycles. The summed E-state index contributed by atoms with van der Waals surface area (Å²) in [5.74, 6) is 0. The van der Waals surface area contributed by atoms with E-state index in [4.69, 9.17) is 13.9 Å². The molecule has 3 nitrogen and oxygen atoms in total. The molecule has 1 N–H and O–H groups in total. The van der Waals surface area contributed by atoms with Crippen LogP contribution in [0.4, 0.5) is 0 Å². The van der Waals surface area contributed by atoms with Gasteiger partial charge in [-0.2, -0.15) is 0 Å². The predicted molar refractivity (Wildman–Crippen MR) is 29.3 cm³/mol. The molecule has 0 aromatic carbocycles. The standard InChI is InChI=1S/CH4O.CH3.ClHO2S.Y/c1-2;;1-4(2)3;/h2H,1H3;1H3;(H,2,3);/q;-1;;/p-1. The van der Waals surface area contributed by atoms with Gasteiger partial charge in [-0.05, 0) is 10.7 Å². The number of halogens is 1. The summed E-state index contributed by atoms with van der Waals surface area (Å²) in [7, 11) is 2.80. The zero-order valence-corrected chi connectivity index (χ0v) is 9.04. The second-order valence-electron chi connectivity index (χ2n) is 0.194. The Morgan fingerprint density at radius 3 is 1.62 bits per heavy atom. The minimum absolute atomic E-state index is 0. The molecule has 8 heavy (non-hydrogen) atoms. The maximum atomic E-state index is 8.77. The summed E-state index contributed by atoms with van der Waals surface area (Å²) in [4.78, 5) is 0. The number of aliphatic hydroxyl groups excluding tert-OH is 1. The Hall–Kier alpha value is 1.46. The maximum Gasteiger partial charge on any atom is 0.0422 e. The summed E-state index contributed by atoms with van der Waals surface area (Å²) in [6.07, 6.45) is 0. The van der Waals surface area contributed by atoms with E-state index in [0.29, 0.717) is 0 Å². The summed E-state index contributed by atoms with van der Waals surface area (Å²) < 4.78 is 17.5. The van der Waals surface area contributed by atoms with Crippen molar-refractivity contribution in [2.45, 2.75) is 0 Å². The molecule has 0 aliphatic carbocycles. The molecule has 0 aromatic rings. The van der Waals surface area contributed by atoms with Crippen LogP contribution < -0.4 is 0 Å². The van der Waals surface area contributed by atoms with E-state index in [2.05, 4.69) is 10.7 Å². The number of rotatable bonds is 0. The number of hydrogen-bond acceptors (Lipinski definition) is 3. The normalized spacial score (nSPS) is 8.50. The summed E-state index contributed by atoms with van der Waals surface area (Å²) >= 11 is 0. The van der Waals surface area contributed by atoms with Gasteiger partial charge < -0.3 is 17.1 Å². The predicted octanol–water partition coefficient (Wildman–Crippen LogP) is 0.0756. The zero-order chi connectivity index (χ0) is 5.58. The Balaban J connectivity index is -0.0000000183. The molecule has 0 aliphatic rings. The van der Waals surface area contributed by atoms with Crippen LogP contribution in [0.25, 0.3) is 0 Å². The number of hydrogen-bond donors (Lipinski definition) is 1. The Bertz CT molecular complexity index is 40.3. The fourth-order valence-electron chi connectivity index (χ4n) is 0. The van der Waals surface area contributed by atoms with Crippen molar-refractivity contribution in [2.24, 2.45) is 0 Å². The maximum absolute atomic E-state index is 8.77. The van der Waals surface area contributed by atoms with E-state index < -0.39 is 10.3 Å². The van der Waals surface area contributed by atoms with Crippen LogP contribution in [0.5, 0.6) is 0 Å². The molecule has 0 spiro atoms. The van der Waals surface area contributed by atoms with Gasteiger partial charge in [-0.1, -0.05) is 0 Å². The molecule has 0 amide bonds. The Morgan fingerprint density at radius 1 is 1.62 bits per heavy atom. The smallest absolute Gasteiger partial charge is 0.0422 e. The minimum atomic E-state index is -2.39. The first-order valence-corrected chi connectivity index (χ1v) is 2.84. The molecule has 0 saturated heterocycles. The van der Waals surface area contributed by atoms with E-state index in [1.807, 2.05) is 0 Å². The van der Waals surface area contributed by atoms with Crippen LogP contribution in [-0.4, -0.2) is 21.0 Å². The minimum Gasteiger partial charge on any atom is -0.760 e. The third-order valence-corrected chi connectivity index (χ3v) is 0. The molecule has 0 aliphatic heterocycles. The van der Waals surface area contributed by atoms with Crippen molar-refractivity contribution < 1.29 is 46.6 Å². The first-order valence-electron chi connectivity index (χ1n) is 0.935. The van der Waals surface area contributed by atoms with Gasteiger partial charge in [0.1, 0.15) is 0 Å².